The summed E-state index contributed by atoms with van der Waals surface area (Å²) in [6.07, 6.45) is 0. The number of hydrogen-bond donors (Lipinski definition) is 2. The average molecular weight is 243 g/mol. The van der Waals surface area contributed by atoms with E-state index >= 15 is 0 Å². The van der Waals surface area contributed by atoms with Crippen molar-refractivity contribution in [3.05, 3.63) is 29.0 Å². The molecule has 4 nitrogen and oxygen atoms in total. The molecular weight excluding hydrogens is 235 g/mol. The minimum absolute atomic E-state index is 0.243. The second kappa shape index (κ2) is 4.18. The highest BCUT2D eigenvalue weighted by Gasteiger charge is 2.06. The van der Waals surface area contributed by atoms with Gasteiger partial charge in [-0.25, -0.2) is 15.8 Å². The second-order valence-electron chi connectivity index (χ2n) is 2.93. The van der Waals surface area contributed by atoms with E-state index in [1.165, 1.54) is 0 Å². The normalized spacial score (nSPS) is 10.6. The van der Waals surface area contributed by atoms with E-state index in [0.717, 1.165) is 10.9 Å². The summed E-state index contributed by atoms with van der Waals surface area (Å²) in [5.74, 6) is 6.66. The van der Waals surface area contributed by atoms with Gasteiger partial charge in [-0.15, -0.1) is 11.6 Å². The lowest BCUT2D eigenvalue weighted by Gasteiger charge is -2.06. The smallest absolute Gasteiger partial charge is 0.151 e. The van der Waals surface area contributed by atoms with Gasteiger partial charge in [0.15, 0.2) is 5.82 Å². The van der Waals surface area contributed by atoms with E-state index in [0.29, 0.717) is 16.7 Å². The number of fused-ring (bicyclic) bond motifs is 1. The zero-order chi connectivity index (χ0) is 10.8. The Morgan fingerprint density at radius 1 is 1.33 bits per heavy atom. The third-order valence-corrected chi connectivity index (χ3v) is 2.43. The van der Waals surface area contributed by atoms with E-state index in [1.807, 2.05) is 0 Å². The number of nitrogens with one attached hydrogen (secondary N) is 1. The Balaban J connectivity index is 2.75. The van der Waals surface area contributed by atoms with Crippen molar-refractivity contribution in [2.24, 2.45) is 5.84 Å². The lowest BCUT2D eigenvalue weighted by molar-refractivity contribution is 1.05. The van der Waals surface area contributed by atoms with Gasteiger partial charge >= 0.3 is 0 Å². The van der Waals surface area contributed by atoms with Crippen molar-refractivity contribution >= 4 is 39.9 Å². The van der Waals surface area contributed by atoms with Crippen LogP contribution in [0.25, 0.3) is 10.9 Å². The topological polar surface area (TPSA) is 63.8 Å². The predicted octanol–water partition coefficient (Wildman–Crippen LogP) is 2.31. The van der Waals surface area contributed by atoms with Crippen LogP contribution in [0, 0.1) is 0 Å². The molecule has 0 aliphatic heterocycles. The number of nitrogens with zero attached hydrogens (tertiary/aromatic N) is 2. The van der Waals surface area contributed by atoms with Crippen LogP contribution in [0.5, 0.6) is 0 Å². The first kappa shape index (κ1) is 10.4. The Labute approximate surface area is 96.4 Å². The Hall–Kier alpha value is -1.10. The molecule has 78 valence electrons. The number of hydrazine groups is 1. The van der Waals surface area contributed by atoms with Crippen LogP contribution in [0.1, 0.15) is 5.82 Å². The summed E-state index contributed by atoms with van der Waals surface area (Å²) in [5, 5.41) is 1.39. The molecule has 0 saturated carbocycles. The van der Waals surface area contributed by atoms with Crippen LogP contribution in [0.4, 0.5) is 5.82 Å². The van der Waals surface area contributed by atoms with Crippen molar-refractivity contribution in [2.75, 3.05) is 5.43 Å². The van der Waals surface area contributed by atoms with Gasteiger partial charge in [0.2, 0.25) is 0 Å². The summed E-state index contributed by atoms with van der Waals surface area (Å²) >= 11 is 11.5. The molecule has 0 atom stereocenters. The van der Waals surface area contributed by atoms with Gasteiger partial charge < -0.3 is 5.43 Å². The van der Waals surface area contributed by atoms with Gasteiger partial charge in [-0.05, 0) is 18.2 Å². The molecule has 0 spiro atoms. The molecule has 2 aromatic rings. The number of rotatable bonds is 2. The fourth-order valence-corrected chi connectivity index (χ4v) is 1.61. The molecule has 1 aromatic heterocycles. The molecule has 0 unspecified atom stereocenters. The van der Waals surface area contributed by atoms with Crippen molar-refractivity contribution in [3.8, 4) is 0 Å². The van der Waals surface area contributed by atoms with Gasteiger partial charge in [0.25, 0.3) is 0 Å². The third-order valence-electron chi connectivity index (χ3n) is 1.96. The van der Waals surface area contributed by atoms with Gasteiger partial charge in [0.1, 0.15) is 5.82 Å². The Kier molecular flexibility index (Phi) is 2.90. The highest BCUT2D eigenvalue weighted by Crippen LogP contribution is 2.23. The molecule has 2 rings (SSSR count). The molecule has 0 amide bonds. The summed E-state index contributed by atoms with van der Waals surface area (Å²) < 4.78 is 0. The van der Waals surface area contributed by atoms with Gasteiger partial charge in [0, 0.05) is 10.4 Å². The highest BCUT2D eigenvalue weighted by atomic mass is 35.5. The van der Waals surface area contributed by atoms with Crippen molar-refractivity contribution < 1.29 is 0 Å². The van der Waals surface area contributed by atoms with Crippen LogP contribution in [-0.2, 0) is 5.88 Å². The number of nitrogens with two attached hydrogens (primary N) is 1. The summed E-state index contributed by atoms with van der Waals surface area (Å²) in [7, 11) is 0. The van der Waals surface area contributed by atoms with Crippen molar-refractivity contribution in [1.82, 2.24) is 9.97 Å². The maximum atomic E-state index is 5.87. The van der Waals surface area contributed by atoms with E-state index in [2.05, 4.69) is 15.4 Å². The molecule has 1 aromatic carbocycles. The number of benzene rings is 1. The molecule has 15 heavy (non-hydrogen) atoms. The minimum atomic E-state index is 0.243. The molecular formula is C9H8Cl2N4. The zero-order valence-electron chi connectivity index (χ0n) is 7.67. The Bertz CT molecular complexity index is 501. The van der Waals surface area contributed by atoms with Crippen LogP contribution in [0.3, 0.4) is 0 Å². The first-order valence-electron chi connectivity index (χ1n) is 4.23. The lowest BCUT2D eigenvalue weighted by atomic mass is 10.2. The average Bonchev–Trinajstić information content (AvgIpc) is 2.27. The maximum Gasteiger partial charge on any atom is 0.151 e. The zero-order valence-corrected chi connectivity index (χ0v) is 9.18. The maximum absolute atomic E-state index is 5.87. The van der Waals surface area contributed by atoms with E-state index in [1.54, 1.807) is 18.2 Å². The molecule has 6 heteroatoms. The van der Waals surface area contributed by atoms with Gasteiger partial charge in [-0.1, -0.05) is 11.6 Å². The van der Waals surface area contributed by atoms with Gasteiger partial charge in [-0.3, -0.25) is 0 Å². The monoisotopic (exact) mass is 242 g/mol. The molecule has 1 heterocycles. The minimum Gasteiger partial charge on any atom is -0.308 e. The van der Waals surface area contributed by atoms with Crippen LogP contribution in [-0.4, -0.2) is 9.97 Å². The van der Waals surface area contributed by atoms with E-state index < -0.39 is 0 Å². The predicted molar refractivity (Wildman–Crippen MR) is 61.9 cm³/mol. The van der Waals surface area contributed by atoms with Crippen LogP contribution < -0.4 is 11.3 Å². The van der Waals surface area contributed by atoms with Crippen LogP contribution in [0.2, 0.25) is 5.02 Å². The van der Waals surface area contributed by atoms with Gasteiger partial charge in [0.05, 0.1) is 11.4 Å². The van der Waals surface area contributed by atoms with E-state index in [4.69, 9.17) is 29.0 Å². The quantitative estimate of drug-likeness (QED) is 0.482. The fraction of sp³-hybridized carbons (Fsp3) is 0.111. The summed E-state index contributed by atoms with van der Waals surface area (Å²) in [6.45, 7) is 0. The fourth-order valence-electron chi connectivity index (χ4n) is 1.32. The standard InChI is InChI=1S/C9H8Cl2N4/c10-4-8-13-7-2-1-5(11)3-6(7)9(14-8)15-12/h1-3H,4,12H2,(H,13,14,15). The second-order valence-corrected chi connectivity index (χ2v) is 3.63. The number of halogens is 2. The highest BCUT2D eigenvalue weighted by molar-refractivity contribution is 6.31. The summed E-state index contributed by atoms with van der Waals surface area (Å²) in [6, 6.07) is 5.32. The van der Waals surface area contributed by atoms with E-state index in [9.17, 15) is 0 Å². The van der Waals surface area contributed by atoms with Crippen LogP contribution in [0.15, 0.2) is 18.2 Å². The molecule has 0 aliphatic rings. The van der Waals surface area contributed by atoms with E-state index in [-0.39, 0.29) is 5.88 Å². The number of nitrogen functional groups attached to an aromatic ring is 1. The molecule has 0 aliphatic carbocycles. The number of alkyl halides is 1. The van der Waals surface area contributed by atoms with Crippen molar-refractivity contribution in [1.29, 1.82) is 0 Å². The van der Waals surface area contributed by atoms with Crippen LogP contribution >= 0.6 is 23.2 Å². The Morgan fingerprint density at radius 2 is 2.13 bits per heavy atom. The number of hydrogen-bond acceptors (Lipinski definition) is 4. The Morgan fingerprint density at radius 3 is 2.80 bits per heavy atom. The molecule has 0 radical (unpaired) electrons. The summed E-state index contributed by atoms with van der Waals surface area (Å²) in [5.41, 5.74) is 3.27. The first-order valence-corrected chi connectivity index (χ1v) is 5.14. The van der Waals surface area contributed by atoms with Crippen molar-refractivity contribution in [2.45, 2.75) is 5.88 Å². The SMILES string of the molecule is NNc1nc(CCl)nc2ccc(Cl)cc12. The summed E-state index contributed by atoms with van der Waals surface area (Å²) in [4.78, 5) is 8.39. The number of anilines is 1. The number of aromatic nitrogens is 2. The molecule has 3 N–H and O–H groups in total. The third kappa shape index (κ3) is 1.97. The molecule has 0 bridgehead atoms. The lowest BCUT2D eigenvalue weighted by Crippen LogP contribution is -2.10. The molecule has 0 fully saturated rings. The largest absolute Gasteiger partial charge is 0.308 e. The first-order chi connectivity index (χ1) is 7.24. The molecule has 0 saturated heterocycles. The van der Waals surface area contributed by atoms with Crippen molar-refractivity contribution in [3.63, 3.8) is 0 Å². The van der Waals surface area contributed by atoms with Gasteiger partial charge in [-0.2, -0.15) is 0 Å².